The smallest absolute Gasteiger partial charge is 0.346 e. The van der Waals surface area contributed by atoms with Gasteiger partial charge in [-0.25, -0.2) is 15.0 Å². The first kappa shape index (κ1) is 19.4. The van der Waals surface area contributed by atoms with Gasteiger partial charge < -0.3 is 10.2 Å². The highest BCUT2D eigenvalue weighted by Gasteiger charge is 2.33. The first-order chi connectivity index (χ1) is 14.5. The molecule has 5 nitrogen and oxygen atoms in total. The average Bonchev–Trinajstić information content (AvgIpc) is 3.52. The van der Waals surface area contributed by atoms with Gasteiger partial charge in [-0.1, -0.05) is 23.5 Å². The third kappa shape index (κ3) is 3.79. The summed E-state index contributed by atoms with van der Waals surface area (Å²) in [6.07, 6.45) is 1.11. The Labute approximate surface area is 176 Å². The number of nitrogens with one attached hydrogen (secondary N) is 1. The molecule has 0 amide bonds. The quantitative estimate of drug-likeness (QED) is 0.656. The second kappa shape index (κ2) is 7.63. The largest absolute Gasteiger partial charge is 0.416 e. The van der Waals surface area contributed by atoms with E-state index in [1.54, 1.807) is 6.07 Å². The van der Waals surface area contributed by atoms with Crippen molar-refractivity contribution < 1.29 is 13.2 Å². The summed E-state index contributed by atoms with van der Waals surface area (Å²) in [6, 6.07) is 5.39. The molecule has 0 atom stereocenters. The van der Waals surface area contributed by atoms with Crippen LogP contribution in [0.25, 0.3) is 21.8 Å². The maximum atomic E-state index is 13.3. The van der Waals surface area contributed by atoms with E-state index < -0.39 is 11.7 Å². The highest BCUT2D eigenvalue weighted by Crippen LogP contribution is 2.47. The van der Waals surface area contributed by atoms with E-state index >= 15 is 0 Å². The lowest BCUT2D eigenvalue weighted by atomic mass is 10.0. The summed E-state index contributed by atoms with van der Waals surface area (Å²) < 4.78 is 40.0. The Morgan fingerprint density at radius 1 is 1.10 bits per heavy atom. The number of piperazine rings is 1. The van der Waals surface area contributed by atoms with E-state index in [4.69, 9.17) is 4.98 Å². The number of alkyl halides is 3. The van der Waals surface area contributed by atoms with Gasteiger partial charge >= 0.3 is 6.18 Å². The van der Waals surface area contributed by atoms with Crippen LogP contribution in [0.2, 0.25) is 0 Å². The Bertz CT molecular complexity index is 1050. The molecule has 2 fully saturated rings. The van der Waals surface area contributed by atoms with Crippen molar-refractivity contribution in [1.29, 1.82) is 0 Å². The van der Waals surface area contributed by atoms with Crippen molar-refractivity contribution in [2.45, 2.75) is 24.9 Å². The van der Waals surface area contributed by atoms with Crippen LogP contribution in [-0.2, 0) is 6.18 Å². The Morgan fingerprint density at radius 2 is 1.90 bits per heavy atom. The highest BCUT2D eigenvalue weighted by molar-refractivity contribution is 7.19. The van der Waals surface area contributed by atoms with Crippen LogP contribution in [0.5, 0.6) is 0 Å². The van der Waals surface area contributed by atoms with Gasteiger partial charge in [0, 0.05) is 43.5 Å². The molecule has 0 radical (unpaired) electrons. The van der Waals surface area contributed by atoms with Gasteiger partial charge in [0.15, 0.2) is 5.13 Å². The van der Waals surface area contributed by atoms with Crippen LogP contribution in [0.1, 0.15) is 29.9 Å². The van der Waals surface area contributed by atoms with Gasteiger partial charge in [-0.05, 0) is 30.9 Å². The van der Waals surface area contributed by atoms with Crippen LogP contribution in [0.3, 0.4) is 0 Å². The number of hydrogen-bond acceptors (Lipinski definition) is 6. The molecule has 2 aliphatic rings. The van der Waals surface area contributed by atoms with Gasteiger partial charge in [-0.2, -0.15) is 13.2 Å². The van der Waals surface area contributed by atoms with E-state index in [0.29, 0.717) is 17.2 Å². The summed E-state index contributed by atoms with van der Waals surface area (Å²) >= 11 is 1.50. The van der Waals surface area contributed by atoms with E-state index in [1.807, 2.05) is 6.20 Å². The van der Waals surface area contributed by atoms with Crippen LogP contribution in [0.4, 0.5) is 18.3 Å². The molecule has 1 saturated heterocycles. The summed E-state index contributed by atoms with van der Waals surface area (Å²) in [4.78, 5) is 16.5. The number of halogens is 3. The minimum Gasteiger partial charge on any atom is -0.346 e. The summed E-state index contributed by atoms with van der Waals surface area (Å²) in [7, 11) is 0. The lowest BCUT2D eigenvalue weighted by Crippen LogP contribution is -2.43. The normalized spacial score (nSPS) is 17.4. The number of aromatic nitrogens is 3. The molecule has 3 aromatic rings. The fraction of sp³-hybridized carbons (Fsp3) is 0.381. The Balaban J connectivity index is 1.65. The van der Waals surface area contributed by atoms with Crippen LogP contribution in [0, 0.1) is 0 Å². The van der Waals surface area contributed by atoms with Gasteiger partial charge in [-0.3, -0.25) is 0 Å². The van der Waals surface area contributed by atoms with E-state index in [9.17, 15) is 13.2 Å². The van der Waals surface area contributed by atoms with E-state index in [2.05, 4.69) is 20.2 Å². The van der Waals surface area contributed by atoms with E-state index in [1.165, 1.54) is 29.8 Å². The fourth-order valence-corrected chi connectivity index (χ4v) is 4.88. The topological polar surface area (TPSA) is 53.9 Å². The summed E-state index contributed by atoms with van der Waals surface area (Å²) in [5, 5.41) is 4.13. The summed E-state index contributed by atoms with van der Waals surface area (Å²) in [5.41, 5.74) is 2.19. The molecule has 2 aromatic heterocycles. The zero-order valence-electron chi connectivity index (χ0n) is 16.1. The third-order valence-corrected chi connectivity index (χ3v) is 6.56. The maximum absolute atomic E-state index is 13.3. The molecular formula is C21H20F3N5S. The first-order valence-electron chi connectivity index (χ1n) is 9.95. The molecule has 9 heteroatoms. The molecular weight excluding hydrogens is 411 g/mol. The van der Waals surface area contributed by atoms with Crippen molar-refractivity contribution in [3.8, 4) is 21.8 Å². The molecule has 5 rings (SSSR count). The number of hydrogen-bond donors (Lipinski definition) is 1. The average molecular weight is 431 g/mol. The highest BCUT2D eigenvalue weighted by atomic mass is 32.1. The number of benzene rings is 1. The Kier molecular flexibility index (Phi) is 4.94. The Hall–Kier alpha value is -2.52. The van der Waals surface area contributed by atoms with Crippen molar-refractivity contribution in [3.63, 3.8) is 0 Å². The number of rotatable bonds is 4. The molecule has 1 aliphatic heterocycles. The SMILES string of the molecule is FC(F)(F)c1cccc(-c2nc(N3CCNCC3)sc2-c2ncncc2C2CC2)c1. The number of nitrogens with zero attached hydrogens (tertiary/aromatic N) is 4. The minimum absolute atomic E-state index is 0.417. The van der Waals surface area contributed by atoms with Gasteiger partial charge in [-0.15, -0.1) is 0 Å². The second-order valence-corrected chi connectivity index (χ2v) is 8.57. The van der Waals surface area contributed by atoms with Gasteiger partial charge in [0.05, 0.1) is 21.8 Å². The molecule has 1 saturated carbocycles. The van der Waals surface area contributed by atoms with E-state index in [0.717, 1.165) is 66.4 Å². The lowest BCUT2D eigenvalue weighted by molar-refractivity contribution is -0.137. The Morgan fingerprint density at radius 3 is 2.63 bits per heavy atom. The van der Waals surface area contributed by atoms with Gasteiger partial charge in [0.1, 0.15) is 6.33 Å². The van der Waals surface area contributed by atoms with Crippen molar-refractivity contribution >= 4 is 16.5 Å². The zero-order valence-corrected chi connectivity index (χ0v) is 16.9. The molecule has 1 aromatic carbocycles. The van der Waals surface area contributed by atoms with Crippen molar-refractivity contribution in [2.75, 3.05) is 31.1 Å². The van der Waals surface area contributed by atoms with Gasteiger partial charge in [0.2, 0.25) is 0 Å². The summed E-state index contributed by atoms with van der Waals surface area (Å²) in [5.74, 6) is 0.417. The van der Waals surface area contributed by atoms with Crippen molar-refractivity contribution in [3.05, 3.63) is 47.9 Å². The number of thiazole rings is 1. The van der Waals surface area contributed by atoms with E-state index in [-0.39, 0.29) is 0 Å². The monoisotopic (exact) mass is 431 g/mol. The van der Waals surface area contributed by atoms with Crippen LogP contribution in [0.15, 0.2) is 36.8 Å². The zero-order chi connectivity index (χ0) is 20.7. The maximum Gasteiger partial charge on any atom is 0.416 e. The summed E-state index contributed by atoms with van der Waals surface area (Å²) in [6.45, 7) is 3.34. The molecule has 0 spiro atoms. The molecule has 156 valence electrons. The minimum atomic E-state index is -4.40. The number of anilines is 1. The third-order valence-electron chi connectivity index (χ3n) is 5.44. The predicted molar refractivity (Wildman–Crippen MR) is 111 cm³/mol. The fourth-order valence-electron chi connectivity index (χ4n) is 3.72. The van der Waals surface area contributed by atoms with Crippen LogP contribution in [-0.4, -0.2) is 41.1 Å². The van der Waals surface area contributed by atoms with Crippen molar-refractivity contribution in [2.24, 2.45) is 0 Å². The molecule has 3 heterocycles. The molecule has 1 aliphatic carbocycles. The molecule has 0 bridgehead atoms. The second-order valence-electron chi connectivity index (χ2n) is 7.59. The van der Waals surface area contributed by atoms with Crippen molar-refractivity contribution in [1.82, 2.24) is 20.3 Å². The molecule has 1 N–H and O–H groups in total. The lowest BCUT2D eigenvalue weighted by Gasteiger charge is -2.26. The predicted octanol–water partition coefficient (Wildman–Crippen LogP) is 4.57. The molecule has 0 unspecified atom stereocenters. The molecule has 30 heavy (non-hydrogen) atoms. The van der Waals surface area contributed by atoms with Crippen LogP contribution < -0.4 is 10.2 Å². The standard InChI is InChI=1S/C21H20F3N5S/c22-21(23,24)15-3-1-2-14(10-15)17-19(18-16(13-4-5-13)11-26-12-27-18)30-20(28-17)29-8-6-25-7-9-29/h1-3,10-13,25H,4-9H2. The van der Waals surface area contributed by atoms with Crippen LogP contribution >= 0.6 is 11.3 Å². The first-order valence-corrected chi connectivity index (χ1v) is 10.8. The van der Waals surface area contributed by atoms with Gasteiger partial charge in [0.25, 0.3) is 0 Å².